The lowest BCUT2D eigenvalue weighted by atomic mass is 9.95. The zero-order valence-electron chi connectivity index (χ0n) is 15.1. The monoisotopic (exact) mass is 368 g/mol. The van der Waals surface area contributed by atoms with Gasteiger partial charge in [-0.1, -0.05) is 0 Å². The Kier molecular flexibility index (Phi) is 4.51. The number of aromatic nitrogens is 3. The number of halogens is 1. The third-order valence-corrected chi connectivity index (χ3v) is 5.27. The molecule has 1 saturated heterocycles. The zero-order valence-corrected chi connectivity index (χ0v) is 15.1. The molecule has 0 aliphatic carbocycles. The molecule has 2 aromatic heterocycles. The summed E-state index contributed by atoms with van der Waals surface area (Å²) in [6, 6.07) is 5.32. The molecule has 3 heterocycles. The van der Waals surface area contributed by atoms with Gasteiger partial charge >= 0.3 is 0 Å². The van der Waals surface area contributed by atoms with Crippen molar-refractivity contribution in [3.8, 4) is 0 Å². The van der Waals surface area contributed by atoms with Gasteiger partial charge < -0.3 is 14.5 Å². The van der Waals surface area contributed by atoms with Gasteiger partial charge in [-0.15, -0.1) is 0 Å². The molecular weight excluding hydrogens is 347 g/mol. The number of imidazole rings is 1. The number of hydrogen-bond acceptors (Lipinski definition) is 3. The van der Waals surface area contributed by atoms with Crippen molar-refractivity contribution in [3.05, 3.63) is 64.2 Å². The lowest BCUT2D eigenvalue weighted by Gasteiger charge is -2.32. The first-order chi connectivity index (χ1) is 13.1. The summed E-state index contributed by atoms with van der Waals surface area (Å²) < 4.78 is 15.8. The number of hydrogen-bond donors (Lipinski definition) is 1. The molecule has 3 aromatic rings. The van der Waals surface area contributed by atoms with Crippen LogP contribution in [0.2, 0.25) is 0 Å². The summed E-state index contributed by atoms with van der Waals surface area (Å²) in [4.78, 5) is 33.8. The Labute approximate surface area is 155 Å². The quantitative estimate of drug-likeness (QED) is 0.773. The van der Waals surface area contributed by atoms with Crippen molar-refractivity contribution >= 4 is 16.8 Å². The third-order valence-electron chi connectivity index (χ3n) is 5.27. The smallest absolute Gasteiger partial charge is 0.254 e. The molecule has 140 valence electrons. The summed E-state index contributed by atoms with van der Waals surface area (Å²) in [5.74, 6) is 0.716. The van der Waals surface area contributed by atoms with Gasteiger partial charge in [0.05, 0.1) is 5.56 Å². The predicted molar refractivity (Wildman–Crippen MR) is 100 cm³/mol. The summed E-state index contributed by atoms with van der Waals surface area (Å²) in [7, 11) is 0. The van der Waals surface area contributed by atoms with Crippen molar-refractivity contribution < 1.29 is 9.18 Å². The van der Waals surface area contributed by atoms with Crippen LogP contribution in [0.15, 0.2) is 41.5 Å². The first-order valence-corrected chi connectivity index (χ1v) is 9.19. The first-order valence-electron chi connectivity index (χ1n) is 9.19. The summed E-state index contributed by atoms with van der Waals surface area (Å²) in [5.41, 5.74) is 0.353. The molecule has 4 rings (SSSR count). The maximum atomic E-state index is 13.7. The molecule has 0 bridgehead atoms. The van der Waals surface area contributed by atoms with Gasteiger partial charge in [-0.25, -0.2) is 9.37 Å². The number of pyridine rings is 1. The van der Waals surface area contributed by atoms with Gasteiger partial charge in [0.15, 0.2) is 0 Å². The number of likely N-dealkylation sites (tertiary alicyclic amines) is 1. The maximum Gasteiger partial charge on any atom is 0.254 e. The molecular formula is C20H21FN4O2. The third kappa shape index (κ3) is 3.25. The van der Waals surface area contributed by atoms with E-state index in [4.69, 9.17) is 0 Å². The minimum atomic E-state index is -0.436. The Morgan fingerprint density at radius 3 is 2.81 bits per heavy atom. The van der Waals surface area contributed by atoms with Gasteiger partial charge in [0.1, 0.15) is 11.6 Å². The number of H-pyrrole nitrogens is 1. The largest absolute Gasteiger partial charge is 0.339 e. The van der Waals surface area contributed by atoms with E-state index in [1.165, 1.54) is 24.3 Å². The minimum absolute atomic E-state index is 0.228. The van der Waals surface area contributed by atoms with Crippen LogP contribution in [0.25, 0.3) is 10.9 Å². The number of nitrogens with one attached hydrogen (secondary N) is 1. The summed E-state index contributed by atoms with van der Waals surface area (Å²) in [6.07, 6.45) is 5.42. The molecule has 1 aliphatic rings. The summed E-state index contributed by atoms with van der Waals surface area (Å²) in [5, 5.41) is 0.434. The number of carbonyl (C=O) groups excluding carboxylic acids is 1. The van der Waals surface area contributed by atoms with E-state index in [9.17, 15) is 14.0 Å². The highest BCUT2D eigenvalue weighted by atomic mass is 19.1. The van der Waals surface area contributed by atoms with Crippen LogP contribution in [0, 0.1) is 5.82 Å². The molecule has 0 saturated carbocycles. The van der Waals surface area contributed by atoms with Gasteiger partial charge in [-0.05, 0) is 38.0 Å². The van der Waals surface area contributed by atoms with Crippen LogP contribution in [-0.4, -0.2) is 38.4 Å². The van der Waals surface area contributed by atoms with E-state index in [1.54, 1.807) is 4.90 Å². The van der Waals surface area contributed by atoms with E-state index in [2.05, 4.69) is 21.5 Å². The Bertz CT molecular complexity index is 1050. The highest BCUT2D eigenvalue weighted by molar-refractivity contribution is 6.06. The van der Waals surface area contributed by atoms with Crippen LogP contribution in [0.3, 0.4) is 0 Å². The van der Waals surface area contributed by atoms with E-state index in [1.807, 2.05) is 12.4 Å². The standard InChI is InChI=1S/C20H21FN4O2/c1-2-24-10-7-22-19(24)13-5-8-25(9-6-13)20(27)16-12-18(26)23-17-4-3-14(21)11-15(16)17/h3-4,7,10-13H,2,5-6,8-9H2,1H3,(H,23,26). The average molecular weight is 368 g/mol. The van der Waals surface area contributed by atoms with Crippen LogP contribution < -0.4 is 5.56 Å². The Balaban J connectivity index is 1.57. The number of piperidine rings is 1. The van der Waals surface area contributed by atoms with E-state index >= 15 is 0 Å². The van der Waals surface area contributed by atoms with Crippen LogP contribution in [0.5, 0.6) is 0 Å². The van der Waals surface area contributed by atoms with Crippen molar-refractivity contribution in [2.45, 2.75) is 32.2 Å². The van der Waals surface area contributed by atoms with Gasteiger partial charge in [-0.3, -0.25) is 9.59 Å². The lowest BCUT2D eigenvalue weighted by Crippen LogP contribution is -2.38. The number of carbonyl (C=O) groups is 1. The SMILES string of the molecule is CCn1ccnc1C1CCN(C(=O)c2cc(=O)[nH]c3ccc(F)cc23)CC1. The topological polar surface area (TPSA) is 71.0 Å². The van der Waals surface area contributed by atoms with Gasteiger partial charge in [-0.2, -0.15) is 0 Å². The number of benzene rings is 1. The highest BCUT2D eigenvalue weighted by Gasteiger charge is 2.27. The molecule has 27 heavy (non-hydrogen) atoms. The van der Waals surface area contributed by atoms with E-state index < -0.39 is 5.82 Å². The molecule has 0 radical (unpaired) electrons. The molecule has 0 spiro atoms. The fourth-order valence-corrected chi connectivity index (χ4v) is 3.86. The molecule has 1 aliphatic heterocycles. The van der Waals surface area contributed by atoms with E-state index in [-0.39, 0.29) is 17.0 Å². The molecule has 0 atom stereocenters. The number of aromatic amines is 1. The average Bonchev–Trinajstić information content (AvgIpc) is 3.16. The Morgan fingerprint density at radius 2 is 2.07 bits per heavy atom. The second kappa shape index (κ2) is 6.98. The number of rotatable bonds is 3. The minimum Gasteiger partial charge on any atom is -0.339 e. The van der Waals surface area contributed by atoms with Crippen molar-refractivity contribution in [2.24, 2.45) is 0 Å². The molecule has 6 nitrogen and oxygen atoms in total. The van der Waals surface area contributed by atoms with Crippen molar-refractivity contribution in [3.63, 3.8) is 0 Å². The molecule has 1 N–H and O–H groups in total. The Hall–Kier alpha value is -2.96. The second-order valence-corrected chi connectivity index (χ2v) is 6.88. The molecule has 1 amide bonds. The van der Waals surface area contributed by atoms with Gasteiger partial charge in [0.25, 0.3) is 5.91 Å². The molecule has 0 unspecified atom stereocenters. The fraction of sp³-hybridized carbons (Fsp3) is 0.350. The van der Waals surface area contributed by atoms with Gasteiger partial charge in [0, 0.05) is 54.9 Å². The van der Waals surface area contributed by atoms with E-state index in [0.717, 1.165) is 25.2 Å². The van der Waals surface area contributed by atoms with Crippen LogP contribution in [0.1, 0.15) is 41.9 Å². The van der Waals surface area contributed by atoms with Crippen LogP contribution in [0.4, 0.5) is 4.39 Å². The number of amides is 1. The lowest BCUT2D eigenvalue weighted by molar-refractivity contribution is 0.0712. The highest BCUT2D eigenvalue weighted by Crippen LogP contribution is 2.28. The van der Waals surface area contributed by atoms with Crippen LogP contribution in [-0.2, 0) is 6.54 Å². The van der Waals surface area contributed by atoms with Crippen LogP contribution >= 0.6 is 0 Å². The van der Waals surface area contributed by atoms with Crippen molar-refractivity contribution in [2.75, 3.05) is 13.1 Å². The fourth-order valence-electron chi connectivity index (χ4n) is 3.86. The maximum absolute atomic E-state index is 13.7. The number of fused-ring (bicyclic) bond motifs is 1. The van der Waals surface area contributed by atoms with E-state index in [0.29, 0.717) is 29.9 Å². The number of aryl methyl sites for hydroxylation is 1. The number of nitrogens with zero attached hydrogens (tertiary/aromatic N) is 3. The Morgan fingerprint density at radius 1 is 1.30 bits per heavy atom. The summed E-state index contributed by atoms with van der Waals surface area (Å²) >= 11 is 0. The van der Waals surface area contributed by atoms with Crippen molar-refractivity contribution in [1.82, 2.24) is 19.4 Å². The summed E-state index contributed by atoms with van der Waals surface area (Å²) in [6.45, 7) is 4.13. The normalized spacial score (nSPS) is 15.4. The zero-order chi connectivity index (χ0) is 19.0. The van der Waals surface area contributed by atoms with Crippen molar-refractivity contribution in [1.29, 1.82) is 0 Å². The van der Waals surface area contributed by atoms with Gasteiger partial charge in [0.2, 0.25) is 5.56 Å². The molecule has 1 aromatic carbocycles. The molecule has 1 fully saturated rings. The predicted octanol–water partition coefficient (Wildman–Crippen LogP) is 2.90. The second-order valence-electron chi connectivity index (χ2n) is 6.88. The first kappa shape index (κ1) is 17.5. The molecule has 7 heteroatoms.